The third kappa shape index (κ3) is 7.16. The molecule has 0 aliphatic carbocycles. The Kier molecular flexibility index (Phi) is 8.31. The third-order valence-electron chi connectivity index (χ3n) is 6.57. The van der Waals surface area contributed by atoms with E-state index in [1.807, 2.05) is 48.4 Å². The van der Waals surface area contributed by atoms with E-state index in [0.29, 0.717) is 11.7 Å². The zero-order valence-electron chi connectivity index (χ0n) is 20.3. The lowest BCUT2D eigenvalue weighted by molar-refractivity contribution is 0.126. The number of piperidine rings is 1. The molecule has 1 aliphatic heterocycles. The molecule has 178 valence electrons. The molecule has 1 aromatic heterocycles. The van der Waals surface area contributed by atoms with E-state index in [-0.39, 0.29) is 6.09 Å². The molecule has 0 N–H and O–H groups in total. The summed E-state index contributed by atoms with van der Waals surface area (Å²) >= 11 is 0. The molecule has 1 fully saturated rings. The van der Waals surface area contributed by atoms with Gasteiger partial charge >= 0.3 is 6.09 Å². The number of pyridine rings is 1. The first-order valence-corrected chi connectivity index (χ1v) is 12.2. The summed E-state index contributed by atoms with van der Waals surface area (Å²) in [6, 6.07) is 22.5. The van der Waals surface area contributed by atoms with Gasteiger partial charge in [0.1, 0.15) is 5.75 Å². The van der Waals surface area contributed by atoms with E-state index in [1.165, 1.54) is 12.0 Å². The zero-order valence-corrected chi connectivity index (χ0v) is 20.3. The van der Waals surface area contributed by atoms with Crippen molar-refractivity contribution >= 4 is 6.09 Å². The molecule has 1 amide bonds. The molecule has 3 aromatic rings. The van der Waals surface area contributed by atoms with Crippen molar-refractivity contribution in [2.24, 2.45) is 5.92 Å². The van der Waals surface area contributed by atoms with Gasteiger partial charge in [-0.25, -0.2) is 4.79 Å². The number of likely N-dealkylation sites (tertiary alicyclic amines) is 1. The van der Waals surface area contributed by atoms with Crippen molar-refractivity contribution < 1.29 is 9.53 Å². The SMILES string of the molecule is Cc1ccc(Cc2ccc(OC(=O)N3CCC(CCN(C)Cc4ccccc4)CC3)cc2)nc1. The van der Waals surface area contributed by atoms with Crippen LogP contribution in [0.3, 0.4) is 0 Å². The summed E-state index contributed by atoms with van der Waals surface area (Å²) in [7, 11) is 2.18. The fourth-order valence-electron chi connectivity index (χ4n) is 4.43. The molecular weight excluding hydrogens is 422 g/mol. The van der Waals surface area contributed by atoms with Gasteiger partial charge in [-0.2, -0.15) is 0 Å². The van der Waals surface area contributed by atoms with Crippen molar-refractivity contribution in [3.05, 3.63) is 95.3 Å². The van der Waals surface area contributed by atoms with Crippen LogP contribution in [0.4, 0.5) is 4.79 Å². The Bertz CT molecular complexity index is 1030. The topological polar surface area (TPSA) is 45.7 Å². The number of ether oxygens (including phenoxy) is 1. The number of carbonyl (C=O) groups excluding carboxylic acids is 1. The number of nitrogens with zero attached hydrogens (tertiary/aromatic N) is 3. The van der Waals surface area contributed by atoms with E-state index in [4.69, 9.17) is 4.74 Å². The predicted molar refractivity (Wildman–Crippen MR) is 136 cm³/mol. The van der Waals surface area contributed by atoms with Crippen molar-refractivity contribution in [2.75, 3.05) is 26.7 Å². The highest BCUT2D eigenvalue weighted by Gasteiger charge is 2.24. The summed E-state index contributed by atoms with van der Waals surface area (Å²) in [5.74, 6) is 1.26. The minimum absolute atomic E-state index is 0.243. The van der Waals surface area contributed by atoms with Crippen LogP contribution in [0.5, 0.6) is 5.75 Å². The van der Waals surface area contributed by atoms with E-state index in [0.717, 1.165) is 62.3 Å². The van der Waals surface area contributed by atoms with Crippen molar-refractivity contribution in [1.82, 2.24) is 14.8 Å². The lowest BCUT2D eigenvalue weighted by atomic mass is 9.93. The first kappa shape index (κ1) is 24.0. The second-order valence-electron chi connectivity index (χ2n) is 9.46. The molecule has 0 bridgehead atoms. The van der Waals surface area contributed by atoms with Crippen LogP contribution < -0.4 is 4.74 Å². The molecule has 1 saturated heterocycles. The molecule has 1 aliphatic rings. The minimum Gasteiger partial charge on any atom is -0.410 e. The van der Waals surface area contributed by atoms with Gasteiger partial charge in [-0.3, -0.25) is 4.98 Å². The molecule has 2 heterocycles. The van der Waals surface area contributed by atoms with Crippen LogP contribution >= 0.6 is 0 Å². The molecule has 5 heteroatoms. The van der Waals surface area contributed by atoms with Gasteiger partial charge in [0, 0.05) is 37.9 Å². The second-order valence-corrected chi connectivity index (χ2v) is 9.46. The molecule has 2 aromatic carbocycles. The molecule has 4 rings (SSSR count). The maximum Gasteiger partial charge on any atom is 0.415 e. The number of hydrogen-bond donors (Lipinski definition) is 0. The van der Waals surface area contributed by atoms with Gasteiger partial charge in [-0.15, -0.1) is 0 Å². The zero-order chi connectivity index (χ0) is 23.8. The van der Waals surface area contributed by atoms with E-state index < -0.39 is 0 Å². The fourth-order valence-corrected chi connectivity index (χ4v) is 4.43. The molecule has 0 saturated carbocycles. The molecule has 0 atom stereocenters. The minimum atomic E-state index is -0.243. The Morgan fingerprint density at radius 3 is 2.41 bits per heavy atom. The Morgan fingerprint density at radius 2 is 1.74 bits per heavy atom. The lowest BCUT2D eigenvalue weighted by Gasteiger charge is -2.32. The van der Waals surface area contributed by atoms with Crippen LogP contribution in [0.2, 0.25) is 0 Å². The van der Waals surface area contributed by atoms with Crippen LogP contribution in [0.25, 0.3) is 0 Å². The average molecular weight is 458 g/mol. The summed E-state index contributed by atoms with van der Waals surface area (Å²) in [5, 5.41) is 0. The highest BCUT2D eigenvalue weighted by Crippen LogP contribution is 2.23. The molecule has 0 unspecified atom stereocenters. The highest BCUT2D eigenvalue weighted by molar-refractivity contribution is 5.70. The number of aryl methyl sites for hydroxylation is 1. The standard InChI is InChI=1S/C29H35N3O2/c1-23-8-11-27(30-21-23)20-25-9-12-28(13-10-25)34-29(33)32-18-15-24(16-19-32)14-17-31(2)22-26-6-4-3-5-7-26/h3-13,21,24H,14-20,22H2,1-2H3. The summed E-state index contributed by atoms with van der Waals surface area (Å²) < 4.78 is 5.64. The Labute approximate surface area is 203 Å². The largest absolute Gasteiger partial charge is 0.415 e. The number of amides is 1. The van der Waals surface area contributed by atoms with Crippen molar-refractivity contribution in [3.63, 3.8) is 0 Å². The first-order chi connectivity index (χ1) is 16.5. The van der Waals surface area contributed by atoms with Crippen LogP contribution in [0, 0.1) is 12.8 Å². The van der Waals surface area contributed by atoms with Crippen molar-refractivity contribution in [3.8, 4) is 5.75 Å². The van der Waals surface area contributed by atoms with Gasteiger partial charge in [0.15, 0.2) is 0 Å². The summed E-state index contributed by atoms with van der Waals surface area (Å²) in [4.78, 5) is 21.3. The normalized spacial score (nSPS) is 14.4. The van der Waals surface area contributed by atoms with Gasteiger partial charge in [0.25, 0.3) is 0 Å². The van der Waals surface area contributed by atoms with Crippen LogP contribution in [0.1, 0.15) is 41.6 Å². The van der Waals surface area contributed by atoms with Gasteiger partial charge in [-0.1, -0.05) is 48.5 Å². The molecule has 0 spiro atoms. The number of carbonyl (C=O) groups is 1. The number of hydrogen-bond acceptors (Lipinski definition) is 4. The Morgan fingerprint density at radius 1 is 1.00 bits per heavy atom. The van der Waals surface area contributed by atoms with E-state index in [9.17, 15) is 4.79 Å². The number of benzene rings is 2. The predicted octanol–water partition coefficient (Wildman–Crippen LogP) is 5.71. The molecule has 34 heavy (non-hydrogen) atoms. The van der Waals surface area contributed by atoms with E-state index in [1.54, 1.807) is 0 Å². The fraction of sp³-hybridized carbons (Fsp3) is 0.379. The first-order valence-electron chi connectivity index (χ1n) is 12.2. The molecule has 5 nitrogen and oxygen atoms in total. The van der Waals surface area contributed by atoms with Crippen LogP contribution in [0.15, 0.2) is 72.9 Å². The monoisotopic (exact) mass is 457 g/mol. The van der Waals surface area contributed by atoms with E-state index >= 15 is 0 Å². The smallest absolute Gasteiger partial charge is 0.410 e. The second kappa shape index (κ2) is 11.8. The Hall–Kier alpha value is -3.18. The maximum absolute atomic E-state index is 12.6. The summed E-state index contributed by atoms with van der Waals surface area (Å²) in [6.07, 6.45) is 5.66. The van der Waals surface area contributed by atoms with Gasteiger partial charge in [-0.05, 0) is 80.6 Å². The van der Waals surface area contributed by atoms with Crippen LogP contribution in [-0.4, -0.2) is 47.6 Å². The average Bonchev–Trinajstić information content (AvgIpc) is 2.86. The maximum atomic E-state index is 12.6. The summed E-state index contributed by atoms with van der Waals surface area (Å²) in [6.45, 7) is 5.63. The molecule has 0 radical (unpaired) electrons. The third-order valence-corrected chi connectivity index (χ3v) is 6.57. The number of rotatable bonds is 8. The summed E-state index contributed by atoms with van der Waals surface area (Å²) in [5.41, 5.74) is 4.69. The van der Waals surface area contributed by atoms with Gasteiger partial charge in [0.2, 0.25) is 0 Å². The van der Waals surface area contributed by atoms with Gasteiger partial charge in [0.05, 0.1) is 0 Å². The van der Waals surface area contributed by atoms with Crippen molar-refractivity contribution in [2.45, 2.75) is 39.2 Å². The van der Waals surface area contributed by atoms with Crippen molar-refractivity contribution in [1.29, 1.82) is 0 Å². The molecular formula is C29H35N3O2. The quantitative estimate of drug-likeness (QED) is 0.434. The van der Waals surface area contributed by atoms with E-state index in [2.05, 4.69) is 53.3 Å². The highest BCUT2D eigenvalue weighted by atomic mass is 16.6. The van der Waals surface area contributed by atoms with Crippen LogP contribution in [-0.2, 0) is 13.0 Å². The Balaban J connectivity index is 1.17. The number of aromatic nitrogens is 1. The lowest BCUT2D eigenvalue weighted by Crippen LogP contribution is -2.40. The van der Waals surface area contributed by atoms with Gasteiger partial charge < -0.3 is 14.5 Å².